The molecule has 0 aromatic carbocycles. The lowest BCUT2D eigenvalue weighted by molar-refractivity contribution is 0.0545. The summed E-state index contributed by atoms with van der Waals surface area (Å²) in [6.45, 7) is 7.33. The predicted molar refractivity (Wildman–Crippen MR) is 115 cm³/mol. The molecule has 0 bridgehead atoms. The van der Waals surface area contributed by atoms with Gasteiger partial charge in [0.05, 0.1) is 0 Å². The van der Waals surface area contributed by atoms with Crippen LogP contribution >= 0.6 is 0 Å². The summed E-state index contributed by atoms with van der Waals surface area (Å²) in [4.78, 5) is 17.2. The van der Waals surface area contributed by atoms with Crippen LogP contribution in [0.4, 0.5) is 5.82 Å². The van der Waals surface area contributed by atoms with Crippen LogP contribution in [-0.2, 0) is 4.74 Å². The fourth-order valence-corrected chi connectivity index (χ4v) is 5.95. The van der Waals surface area contributed by atoms with Gasteiger partial charge in [-0.05, 0) is 74.8 Å². The normalized spacial score (nSPS) is 30.4. The highest BCUT2D eigenvalue weighted by Gasteiger charge is 2.41. The summed E-state index contributed by atoms with van der Waals surface area (Å²) < 4.78 is 5.50. The minimum atomic E-state index is 0.0220. The van der Waals surface area contributed by atoms with E-state index >= 15 is 0 Å². The van der Waals surface area contributed by atoms with Gasteiger partial charge in [0.1, 0.15) is 5.82 Å². The Morgan fingerprint density at radius 1 is 1.03 bits per heavy atom. The van der Waals surface area contributed by atoms with Gasteiger partial charge in [0, 0.05) is 52.0 Å². The largest absolute Gasteiger partial charge is 0.381 e. The molecule has 7 heteroatoms. The molecular weight excluding hydrogens is 378 g/mol. The summed E-state index contributed by atoms with van der Waals surface area (Å²) in [6, 6.07) is 4.23. The zero-order valence-electron chi connectivity index (χ0n) is 18.0. The lowest BCUT2D eigenvalue weighted by Crippen LogP contribution is -2.36. The van der Waals surface area contributed by atoms with Crippen LogP contribution in [0.5, 0.6) is 0 Å². The smallest absolute Gasteiger partial charge is 0.274 e. The molecule has 3 aliphatic heterocycles. The molecule has 1 unspecified atom stereocenters. The average molecular weight is 414 g/mol. The third kappa shape index (κ3) is 4.62. The lowest BCUT2D eigenvalue weighted by Gasteiger charge is -2.27. The molecule has 4 heterocycles. The van der Waals surface area contributed by atoms with E-state index in [1.54, 1.807) is 0 Å². The maximum absolute atomic E-state index is 12.6. The molecule has 3 atom stereocenters. The number of amides is 1. The van der Waals surface area contributed by atoms with Gasteiger partial charge in [0.15, 0.2) is 5.69 Å². The molecule has 7 nitrogen and oxygen atoms in total. The van der Waals surface area contributed by atoms with Gasteiger partial charge in [-0.3, -0.25) is 4.79 Å². The number of anilines is 1. The highest BCUT2D eigenvalue weighted by Crippen LogP contribution is 2.39. The van der Waals surface area contributed by atoms with Crippen LogP contribution < -0.4 is 5.32 Å². The van der Waals surface area contributed by atoms with E-state index in [0.717, 1.165) is 62.7 Å². The first-order valence-corrected chi connectivity index (χ1v) is 11.9. The first kappa shape index (κ1) is 20.2. The molecule has 164 valence electrons. The number of aromatic nitrogens is 2. The summed E-state index contributed by atoms with van der Waals surface area (Å²) in [5.41, 5.74) is 0.467. The van der Waals surface area contributed by atoms with E-state index in [1.165, 1.54) is 51.7 Å². The predicted octanol–water partition coefficient (Wildman–Crippen LogP) is 2.65. The second kappa shape index (κ2) is 9.18. The number of hydrogen-bond acceptors (Lipinski definition) is 6. The number of nitrogens with zero attached hydrogens (tertiary/aromatic N) is 4. The molecule has 5 rings (SSSR count). The minimum Gasteiger partial charge on any atom is -0.381 e. The highest BCUT2D eigenvalue weighted by molar-refractivity contribution is 5.92. The zero-order chi connectivity index (χ0) is 20.3. The Morgan fingerprint density at radius 3 is 2.43 bits per heavy atom. The van der Waals surface area contributed by atoms with Crippen molar-refractivity contribution in [3.05, 3.63) is 17.8 Å². The maximum atomic E-state index is 12.6. The van der Waals surface area contributed by atoms with Gasteiger partial charge in [-0.1, -0.05) is 0 Å². The number of hydrogen-bond donors (Lipinski definition) is 1. The summed E-state index contributed by atoms with van der Waals surface area (Å²) >= 11 is 0. The Balaban J connectivity index is 1.09. The number of nitrogens with one attached hydrogen (secondary N) is 1. The first-order valence-electron chi connectivity index (χ1n) is 11.9. The molecule has 30 heavy (non-hydrogen) atoms. The molecule has 1 aromatic rings. The topological polar surface area (TPSA) is 70.6 Å². The Kier molecular flexibility index (Phi) is 6.18. The standard InChI is InChI=1S/C23H35N5O2/c29-23(28-8-2-1-3-9-28)21-4-5-22(26-25-21)24-20-12-18-15-27(16-19(18)13-20)14-17-6-10-30-11-7-17/h4-5,17-20H,1-3,6-16H2,(H,24,26)/t18-,19+,20?. The third-order valence-electron chi connectivity index (χ3n) is 7.56. The number of carbonyl (C=O) groups excluding carboxylic acids is 1. The quantitative estimate of drug-likeness (QED) is 0.800. The average Bonchev–Trinajstić information content (AvgIpc) is 3.33. The summed E-state index contributed by atoms with van der Waals surface area (Å²) in [6.07, 6.45) is 8.28. The van der Waals surface area contributed by atoms with Gasteiger partial charge in [0.2, 0.25) is 0 Å². The summed E-state index contributed by atoms with van der Waals surface area (Å²) in [7, 11) is 0. The van der Waals surface area contributed by atoms with Crippen LogP contribution in [0.15, 0.2) is 12.1 Å². The molecular formula is C23H35N5O2. The second-order valence-electron chi connectivity index (χ2n) is 9.76. The van der Waals surface area contributed by atoms with Crippen LogP contribution in [0.3, 0.4) is 0 Å². The fourth-order valence-electron chi connectivity index (χ4n) is 5.95. The number of likely N-dealkylation sites (tertiary alicyclic amines) is 2. The molecule has 1 saturated carbocycles. The van der Waals surface area contributed by atoms with Crippen LogP contribution in [-0.4, -0.2) is 77.9 Å². The van der Waals surface area contributed by atoms with Crippen molar-refractivity contribution in [2.75, 3.05) is 51.3 Å². The van der Waals surface area contributed by atoms with Gasteiger partial charge in [0.25, 0.3) is 5.91 Å². The zero-order valence-corrected chi connectivity index (χ0v) is 18.0. The van der Waals surface area contributed by atoms with Crippen molar-refractivity contribution in [3.63, 3.8) is 0 Å². The number of ether oxygens (including phenoxy) is 1. The number of rotatable bonds is 5. The molecule has 0 spiro atoms. The Bertz CT molecular complexity index is 701. The van der Waals surface area contributed by atoms with Crippen LogP contribution in [0.1, 0.15) is 55.4 Å². The molecule has 3 saturated heterocycles. The first-order chi connectivity index (χ1) is 14.7. The Labute approximate surface area is 179 Å². The Morgan fingerprint density at radius 2 is 1.77 bits per heavy atom. The van der Waals surface area contributed by atoms with E-state index < -0.39 is 0 Å². The minimum absolute atomic E-state index is 0.0220. The van der Waals surface area contributed by atoms with Gasteiger partial charge < -0.3 is 19.9 Å². The van der Waals surface area contributed by atoms with Gasteiger partial charge in [-0.25, -0.2) is 0 Å². The van der Waals surface area contributed by atoms with Crippen molar-refractivity contribution in [1.82, 2.24) is 20.0 Å². The van der Waals surface area contributed by atoms with E-state index in [1.807, 2.05) is 17.0 Å². The van der Waals surface area contributed by atoms with Gasteiger partial charge >= 0.3 is 0 Å². The molecule has 1 amide bonds. The van der Waals surface area contributed by atoms with Crippen LogP contribution in [0.25, 0.3) is 0 Å². The van der Waals surface area contributed by atoms with E-state index in [-0.39, 0.29) is 5.91 Å². The Hall–Kier alpha value is -1.73. The SMILES string of the molecule is O=C(c1ccc(NC2C[C@@H]3CN(CC4CCOCC4)C[C@@H]3C2)nn1)N1CCCCC1. The van der Waals surface area contributed by atoms with E-state index in [0.29, 0.717) is 11.7 Å². The number of fused-ring (bicyclic) bond motifs is 1. The van der Waals surface area contributed by atoms with Crippen LogP contribution in [0.2, 0.25) is 0 Å². The highest BCUT2D eigenvalue weighted by atomic mass is 16.5. The van der Waals surface area contributed by atoms with E-state index in [2.05, 4.69) is 20.4 Å². The van der Waals surface area contributed by atoms with Crippen molar-refractivity contribution in [2.24, 2.45) is 17.8 Å². The summed E-state index contributed by atoms with van der Waals surface area (Å²) in [5, 5.41) is 12.1. The van der Waals surface area contributed by atoms with Crippen molar-refractivity contribution >= 4 is 11.7 Å². The fraction of sp³-hybridized carbons (Fsp3) is 0.783. The van der Waals surface area contributed by atoms with Crippen molar-refractivity contribution in [3.8, 4) is 0 Å². The molecule has 4 aliphatic rings. The molecule has 1 aromatic heterocycles. The number of carbonyl (C=O) groups is 1. The van der Waals surface area contributed by atoms with Crippen LogP contribution in [0, 0.1) is 17.8 Å². The molecule has 0 radical (unpaired) electrons. The second-order valence-corrected chi connectivity index (χ2v) is 9.76. The summed E-state index contributed by atoms with van der Waals surface area (Å²) in [5.74, 6) is 3.25. The van der Waals surface area contributed by atoms with Gasteiger partial charge in [-0.2, -0.15) is 0 Å². The molecule has 1 aliphatic carbocycles. The van der Waals surface area contributed by atoms with Crippen molar-refractivity contribution < 1.29 is 9.53 Å². The molecule has 4 fully saturated rings. The van der Waals surface area contributed by atoms with Crippen molar-refractivity contribution in [2.45, 2.75) is 51.0 Å². The monoisotopic (exact) mass is 413 g/mol. The number of piperidine rings is 1. The van der Waals surface area contributed by atoms with E-state index in [9.17, 15) is 4.79 Å². The van der Waals surface area contributed by atoms with Crippen molar-refractivity contribution in [1.29, 1.82) is 0 Å². The van der Waals surface area contributed by atoms with Gasteiger partial charge in [-0.15, -0.1) is 10.2 Å². The lowest BCUT2D eigenvalue weighted by atomic mass is 10.00. The third-order valence-corrected chi connectivity index (χ3v) is 7.56. The van der Waals surface area contributed by atoms with E-state index in [4.69, 9.17) is 4.74 Å². The molecule has 1 N–H and O–H groups in total. The maximum Gasteiger partial charge on any atom is 0.274 e.